The molecule has 0 bridgehead atoms. The number of carbonyl (C=O) groups excluding carboxylic acids is 2. The number of carbonyl (C=O) groups is 2. The molecule has 0 unspecified atom stereocenters. The number of halogens is 1. The predicted molar refractivity (Wildman–Crippen MR) is 129 cm³/mol. The number of amides is 2. The number of benzene rings is 2. The van der Waals surface area contributed by atoms with E-state index in [0.717, 1.165) is 18.5 Å². The fourth-order valence-electron chi connectivity index (χ4n) is 3.78. The van der Waals surface area contributed by atoms with E-state index in [0.29, 0.717) is 54.9 Å². The van der Waals surface area contributed by atoms with Gasteiger partial charge in [-0.15, -0.1) is 0 Å². The Bertz CT molecular complexity index is 966. The van der Waals surface area contributed by atoms with E-state index >= 15 is 0 Å². The third kappa shape index (κ3) is 7.11. The van der Waals surface area contributed by atoms with Crippen molar-refractivity contribution in [3.05, 3.63) is 58.6 Å². The molecule has 0 aliphatic carbocycles. The first-order valence-corrected chi connectivity index (χ1v) is 11.6. The molecule has 0 saturated carbocycles. The standard InChI is InChI=1S/C25H32ClN3O4/c1-18(2)27-24(30)16-28-11-6-12-29(14-13-28)25(31)19-9-10-22(23(15-19)32-3)33-17-20-7-4-5-8-21(20)26/h4-5,7-10,15,18H,6,11-14,16-17H2,1-3H3,(H,27,30). The van der Waals surface area contributed by atoms with E-state index in [-0.39, 0.29) is 17.9 Å². The second-order valence-electron chi connectivity index (χ2n) is 8.39. The summed E-state index contributed by atoms with van der Waals surface area (Å²) >= 11 is 6.20. The van der Waals surface area contributed by atoms with Crippen LogP contribution in [0.15, 0.2) is 42.5 Å². The Morgan fingerprint density at radius 1 is 1.06 bits per heavy atom. The zero-order chi connectivity index (χ0) is 23.8. The molecule has 8 heteroatoms. The van der Waals surface area contributed by atoms with Gasteiger partial charge in [0.05, 0.1) is 13.7 Å². The Labute approximate surface area is 200 Å². The van der Waals surface area contributed by atoms with Gasteiger partial charge in [-0.05, 0) is 44.5 Å². The second kappa shape index (κ2) is 11.9. The largest absolute Gasteiger partial charge is 0.493 e. The Hall–Kier alpha value is -2.77. The van der Waals surface area contributed by atoms with Crippen molar-refractivity contribution in [2.75, 3.05) is 39.8 Å². The highest BCUT2D eigenvalue weighted by atomic mass is 35.5. The van der Waals surface area contributed by atoms with Gasteiger partial charge in [-0.2, -0.15) is 0 Å². The maximum atomic E-state index is 13.1. The molecule has 0 radical (unpaired) electrons. The molecular weight excluding hydrogens is 442 g/mol. The summed E-state index contributed by atoms with van der Waals surface area (Å²) in [6.07, 6.45) is 0.816. The molecule has 1 fully saturated rings. The van der Waals surface area contributed by atoms with Crippen LogP contribution in [0.3, 0.4) is 0 Å². The van der Waals surface area contributed by atoms with Gasteiger partial charge >= 0.3 is 0 Å². The summed E-state index contributed by atoms with van der Waals surface area (Å²) in [4.78, 5) is 29.1. The summed E-state index contributed by atoms with van der Waals surface area (Å²) in [6.45, 7) is 7.21. The summed E-state index contributed by atoms with van der Waals surface area (Å²) in [7, 11) is 1.55. The van der Waals surface area contributed by atoms with Gasteiger partial charge in [-0.1, -0.05) is 29.8 Å². The van der Waals surface area contributed by atoms with Gasteiger partial charge in [0.1, 0.15) is 6.61 Å². The lowest BCUT2D eigenvalue weighted by Gasteiger charge is -2.22. The highest BCUT2D eigenvalue weighted by Crippen LogP contribution is 2.30. The third-order valence-electron chi connectivity index (χ3n) is 5.44. The SMILES string of the molecule is COc1cc(C(=O)N2CCCN(CC(=O)NC(C)C)CC2)ccc1OCc1ccccc1Cl. The van der Waals surface area contributed by atoms with Crippen LogP contribution in [-0.4, -0.2) is 67.5 Å². The minimum absolute atomic E-state index is 0.0156. The monoisotopic (exact) mass is 473 g/mol. The number of methoxy groups -OCH3 is 1. The molecule has 0 atom stereocenters. The van der Waals surface area contributed by atoms with Gasteiger partial charge in [0, 0.05) is 48.4 Å². The van der Waals surface area contributed by atoms with E-state index in [1.807, 2.05) is 43.0 Å². The van der Waals surface area contributed by atoms with Crippen LogP contribution in [0.5, 0.6) is 11.5 Å². The second-order valence-corrected chi connectivity index (χ2v) is 8.80. The fourth-order valence-corrected chi connectivity index (χ4v) is 3.97. The molecule has 0 aromatic heterocycles. The van der Waals surface area contributed by atoms with Crippen molar-refractivity contribution in [1.29, 1.82) is 0 Å². The maximum Gasteiger partial charge on any atom is 0.254 e. The zero-order valence-electron chi connectivity index (χ0n) is 19.5. The molecule has 1 heterocycles. The van der Waals surface area contributed by atoms with Crippen LogP contribution in [0.25, 0.3) is 0 Å². The summed E-state index contributed by atoms with van der Waals surface area (Å²) in [5.74, 6) is 1.00. The van der Waals surface area contributed by atoms with E-state index in [2.05, 4.69) is 10.2 Å². The predicted octanol–water partition coefficient (Wildman–Crippen LogP) is 3.60. The summed E-state index contributed by atoms with van der Waals surface area (Å²) in [5, 5.41) is 3.56. The fraction of sp³-hybridized carbons (Fsp3) is 0.440. The number of nitrogens with one attached hydrogen (secondary N) is 1. The lowest BCUT2D eigenvalue weighted by atomic mass is 10.1. The normalized spacial score (nSPS) is 14.6. The van der Waals surface area contributed by atoms with Crippen molar-refractivity contribution in [2.24, 2.45) is 0 Å². The highest BCUT2D eigenvalue weighted by Gasteiger charge is 2.22. The molecule has 1 aliphatic heterocycles. The number of hydrogen-bond acceptors (Lipinski definition) is 5. The lowest BCUT2D eigenvalue weighted by molar-refractivity contribution is -0.122. The van der Waals surface area contributed by atoms with E-state index in [1.54, 1.807) is 25.3 Å². The Morgan fingerprint density at radius 2 is 1.85 bits per heavy atom. The minimum Gasteiger partial charge on any atom is -0.493 e. The third-order valence-corrected chi connectivity index (χ3v) is 5.81. The molecule has 2 aromatic carbocycles. The number of hydrogen-bond donors (Lipinski definition) is 1. The molecule has 1 N–H and O–H groups in total. The van der Waals surface area contributed by atoms with Crippen LogP contribution in [0.1, 0.15) is 36.2 Å². The van der Waals surface area contributed by atoms with Gasteiger partial charge in [0.15, 0.2) is 11.5 Å². The summed E-state index contributed by atoms with van der Waals surface area (Å²) in [5.41, 5.74) is 1.42. The highest BCUT2D eigenvalue weighted by molar-refractivity contribution is 6.31. The van der Waals surface area contributed by atoms with Gasteiger partial charge in [0.2, 0.25) is 5.91 Å². The molecule has 3 rings (SSSR count). The first-order chi connectivity index (χ1) is 15.9. The molecule has 1 aliphatic rings. The number of nitrogens with zero attached hydrogens (tertiary/aromatic N) is 2. The molecule has 2 aromatic rings. The summed E-state index contributed by atoms with van der Waals surface area (Å²) < 4.78 is 11.4. The summed E-state index contributed by atoms with van der Waals surface area (Å²) in [6, 6.07) is 12.8. The molecule has 0 spiro atoms. The van der Waals surface area contributed by atoms with Gasteiger partial charge in [-0.3, -0.25) is 14.5 Å². The van der Waals surface area contributed by atoms with Gasteiger partial charge < -0.3 is 19.7 Å². The Morgan fingerprint density at radius 3 is 2.58 bits per heavy atom. The number of rotatable bonds is 8. The Kier molecular flexibility index (Phi) is 8.97. The van der Waals surface area contributed by atoms with Crippen molar-refractivity contribution in [2.45, 2.75) is 32.9 Å². The van der Waals surface area contributed by atoms with Crippen molar-refractivity contribution < 1.29 is 19.1 Å². The van der Waals surface area contributed by atoms with Crippen molar-refractivity contribution >= 4 is 23.4 Å². The first kappa shape index (κ1) is 24.9. The molecule has 178 valence electrons. The molecule has 2 amide bonds. The zero-order valence-corrected chi connectivity index (χ0v) is 20.2. The van der Waals surface area contributed by atoms with Crippen molar-refractivity contribution in [3.63, 3.8) is 0 Å². The van der Waals surface area contributed by atoms with Gasteiger partial charge in [0.25, 0.3) is 5.91 Å². The van der Waals surface area contributed by atoms with Crippen LogP contribution in [0.2, 0.25) is 5.02 Å². The van der Waals surface area contributed by atoms with Crippen LogP contribution in [0, 0.1) is 0 Å². The van der Waals surface area contributed by atoms with Crippen LogP contribution in [0.4, 0.5) is 0 Å². The molecule has 1 saturated heterocycles. The van der Waals surface area contributed by atoms with Crippen molar-refractivity contribution in [1.82, 2.24) is 15.1 Å². The van der Waals surface area contributed by atoms with Crippen LogP contribution >= 0.6 is 11.6 Å². The average Bonchev–Trinajstić information content (AvgIpc) is 3.03. The first-order valence-electron chi connectivity index (χ1n) is 11.2. The quantitative estimate of drug-likeness (QED) is 0.634. The average molecular weight is 474 g/mol. The maximum absolute atomic E-state index is 13.1. The van der Waals surface area contributed by atoms with E-state index < -0.39 is 0 Å². The minimum atomic E-state index is -0.0561. The lowest BCUT2D eigenvalue weighted by Crippen LogP contribution is -2.41. The van der Waals surface area contributed by atoms with E-state index in [1.165, 1.54) is 0 Å². The van der Waals surface area contributed by atoms with Crippen LogP contribution < -0.4 is 14.8 Å². The molecule has 33 heavy (non-hydrogen) atoms. The molecular formula is C25H32ClN3O4. The smallest absolute Gasteiger partial charge is 0.254 e. The van der Waals surface area contributed by atoms with Crippen molar-refractivity contribution in [3.8, 4) is 11.5 Å². The Balaban J connectivity index is 1.61. The molecule has 7 nitrogen and oxygen atoms in total. The number of ether oxygens (including phenoxy) is 2. The van der Waals surface area contributed by atoms with E-state index in [4.69, 9.17) is 21.1 Å². The van der Waals surface area contributed by atoms with Gasteiger partial charge in [-0.25, -0.2) is 0 Å². The topological polar surface area (TPSA) is 71.1 Å². The van der Waals surface area contributed by atoms with Crippen LogP contribution in [-0.2, 0) is 11.4 Å². The van der Waals surface area contributed by atoms with E-state index in [9.17, 15) is 9.59 Å².